The number of unbranched alkanes of at least 4 members (excludes halogenated alkanes) is 3. The number of carbonyl (C=O) groups is 3. The van der Waals surface area contributed by atoms with Crippen molar-refractivity contribution in [2.75, 3.05) is 0 Å². The van der Waals surface area contributed by atoms with E-state index in [4.69, 9.17) is 34.8 Å². The normalized spacial score (nSPS) is 9.57. The first-order valence-corrected chi connectivity index (χ1v) is 7.71. The molecule has 6 heteroatoms. The smallest absolute Gasteiger partial charge is 0.252 e. The van der Waals surface area contributed by atoms with Gasteiger partial charge in [0.15, 0.2) is 0 Å². The van der Waals surface area contributed by atoms with Crippen molar-refractivity contribution < 1.29 is 14.4 Å². The number of halogens is 3. The molecule has 1 aromatic rings. The van der Waals surface area contributed by atoms with Gasteiger partial charge in [-0.1, -0.05) is 39.5 Å². The maximum atomic E-state index is 10.9. The lowest BCUT2D eigenvalue weighted by atomic mass is 10.1. The molecule has 1 aromatic carbocycles. The second kappa shape index (κ2) is 10.8. The Morgan fingerprint density at radius 1 is 0.714 bits per heavy atom. The molecule has 0 unspecified atom stereocenters. The van der Waals surface area contributed by atoms with Crippen LogP contribution in [0.15, 0.2) is 18.2 Å². The van der Waals surface area contributed by atoms with Crippen molar-refractivity contribution in [3.05, 3.63) is 34.9 Å². The summed E-state index contributed by atoms with van der Waals surface area (Å²) in [7, 11) is 0. The fourth-order valence-corrected chi connectivity index (χ4v) is 1.80. The third kappa shape index (κ3) is 8.20. The average Bonchev–Trinajstić information content (AvgIpc) is 2.45. The maximum Gasteiger partial charge on any atom is 0.252 e. The lowest BCUT2D eigenvalue weighted by molar-refractivity contribution is 0.108. The van der Waals surface area contributed by atoms with E-state index in [2.05, 4.69) is 13.8 Å². The number of benzene rings is 1. The van der Waals surface area contributed by atoms with Crippen LogP contribution in [-0.2, 0) is 0 Å². The summed E-state index contributed by atoms with van der Waals surface area (Å²) in [5, 5.41) is -2.39. The molecular formula is C15H17Cl3O3. The molecule has 0 atom stereocenters. The summed E-state index contributed by atoms with van der Waals surface area (Å²) in [5.41, 5.74) is -0.0218. The second-order valence-electron chi connectivity index (χ2n) is 4.33. The summed E-state index contributed by atoms with van der Waals surface area (Å²) in [4.78, 5) is 32.6. The molecule has 0 N–H and O–H groups in total. The van der Waals surface area contributed by atoms with Gasteiger partial charge in [-0.2, -0.15) is 0 Å². The van der Waals surface area contributed by atoms with E-state index in [9.17, 15) is 14.4 Å². The topological polar surface area (TPSA) is 51.2 Å². The van der Waals surface area contributed by atoms with Gasteiger partial charge in [0.05, 0.1) is 0 Å². The summed E-state index contributed by atoms with van der Waals surface area (Å²) >= 11 is 15.6. The Morgan fingerprint density at radius 2 is 0.952 bits per heavy atom. The standard InChI is InChI=1S/C9H3Cl3O3.C6H14/c10-7(13)4-1-5(8(11)14)3-6(2-4)9(12)15;1-3-5-6-4-2/h1-3H;3-6H2,1-2H3. The van der Waals surface area contributed by atoms with E-state index in [1.54, 1.807) is 0 Å². The fraction of sp³-hybridized carbons (Fsp3) is 0.400. The largest absolute Gasteiger partial charge is 0.276 e. The van der Waals surface area contributed by atoms with Crippen LogP contribution in [0.4, 0.5) is 0 Å². The SMILES string of the molecule is CCCCCC.O=C(Cl)c1cc(C(=O)Cl)cc(C(=O)Cl)c1. The predicted octanol–water partition coefficient (Wildman–Crippen LogP) is 5.41. The van der Waals surface area contributed by atoms with Gasteiger partial charge in [0.2, 0.25) is 0 Å². The zero-order chi connectivity index (χ0) is 16.4. The van der Waals surface area contributed by atoms with Crippen molar-refractivity contribution in [1.29, 1.82) is 0 Å². The van der Waals surface area contributed by atoms with Crippen molar-refractivity contribution in [1.82, 2.24) is 0 Å². The Hall–Kier alpha value is -0.900. The highest BCUT2D eigenvalue weighted by Gasteiger charge is 2.12. The first-order chi connectivity index (χ1) is 9.83. The fourth-order valence-electron chi connectivity index (χ4n) is 1.47. The Labute approximate surface area is 139 Å². The van der Waals surface area contributed by atoms with Crippen LogP contribution >= 0.6 is 34.8 Å². The lowest BCUT2D eigenvalue weighted by Crippen LogP contribution is -2.00. The minimum Gasteiger partial charge on any atom is -0.276 e. The van der Waals surface area contributed by atoms with Crippen LogP contribution in [0.25, 0.3) is 0 Å². The molecule has 3 nitrogen and oxygen atoms in total. The van der Waals surface area contributed by atoms with Crippen LogP contribution in [0.2, 0.25) is 0 Å². The van der Waals surface area contributed by atoms with Gasteiger partial charge in [0, 0.05) is 16.7 Å². The van der Waals surface area contributed by atoms with Gasteiger partial charge in [0.1, 0.15) is 0 Å². The molecule has 0 heterocycles. The maximum absolute atomic E-state index is 10.9. The van der Waals surface area contributed by atoms with E-state index < -0.39 is 15.7 Å². The minimum absolute atomic E-state index is 0.00725. The highest BCUT2D eigenvalue weighted by Crippen LogP contribution is 2.16. The van der Waals surface area contributed by atoms with Gasteiger partial charge in [-0.3, -0.25) is 14.4 Å². The lowest BCUT2D eigenvalue weighted by Gasteiger charge is -2.00. The molecule has 0 aliphatic carbocycles. The van der Waals surface area contributed by atoms with Crippen molar-refractivity contribution in [3.8, 4) is 0 Å². The molecule has 116 valence electrons. The molecule has 0 radical (unpaired) electrons. The van der Waals surface area contributed by atoms with Crippen LogP contribution in [0.1, 0.15) is 70.6 Å². The second-order valence-corrected chi connectivity index (χ2v) is 5.36. The molecule has 0 aromatic heterocycles. The zero-order valence-corrected chi connectivity index (χ0v) is 14.2. The molecule has 0 saturated carbocycles. The molecule has 0 spiro atoms. The minimum atomic E-state index is -0.797. The summed E-state index contributed by atoms with van der Waals surface area (Å²) in [5.74, 6) is 0. The first kappa shape index (κ1) is 20.1. The number of hydrogen-bond acceptors (Lipinski definition) is 3. The van der Waals surface area contributed by atoms with Gasteiger partial charge in [-0.25, -0.2) is 0 Å². The van der Waals surface area contributed by atoms with E-state index in [1.165, 1.54) is 43.9 Å². The van der Waals surface area contributed by atoms with Crippen LogP contribution in [-0.4, -0.2) is 15.7 Å². The van der Waals surface area contributed by atoms with E-state index in [0.717, 1.165) is 0 Å². The van der Waals surface area contributed by atoms with Crippen LogP contribution in [0.3, 0.4) is 0 Å². The van der Waals surface area contributed by atoms with Crippen molar-refractivity contribution in [2.45, 2.75) is 39.5 Å². The summed E-state index contributed by atoms with van der Waals surface area (Å²) < 4.78 is 0. The average molecular weight is 352 g/mol. The first-order valence-electron chi connectivity index (χ1n) is 6.58. The summed E-state index contributed by atoms with van der Waals surface area (Å²) in [6.07, 6.45) is 5.54. The van der Waals surface area contributed by atoms with E-state index in [1.807, 2.05) is 0 Å². The Balaban J connectivity index is 0.000000567. The highest BCUT2D eigenvalue weighted by molar-refractivity contribution is 6.70. The van der Waals surface area contributed by atoms with Gasteiger partial charge in [-0.05, 0) is 53.0 Å². The Kier molecular flexibility index (Phi) is 10.3. The Bertz CT molecular complexity index is 430. The number of hydrogen-bond donors (Lipinski definition) is 0. The molecule has 0 fully saturated rings. The van der Waals surface area contributed by atoms with Gasteiger partial charge >= 0.3 is 0 Å². The van der Waals surface area contributed by atoms with Crippen molar-refractivity contribution in [3.63, 3.8) is 0 Å². The molecule has 1 rings (SSSR count). The summed E-state index contributed by atoms with van der Waals surface area (Å²) in [6.45, 7) is 4.46. The molecule has 0 aliphatic heterocycles. The van der Waals surface area contributed by atoms with E-state index in [0.29, 0.717) is 0 Å². The Morgan fingerprint density at radius 3 is 1.10 bits per heavy atom. The number of rotatable bonds is 6. The molecule has 21 heavy (non-hydrogen) atoms. The molecule has 0 amide bonds. The molecular weight excluding hydrogens is 335 g/mol. The van der Waals surface area contributed by atoms with Gasteiger partial charge in [-0.15, -0.1) is 0 Å². The van der Waals surface area contributed by atoms with Crippen molar-refractivity contribution in [2.24, 2.45) is 0 Å². The van der Waals surface area contributed by atoms with Crippen LogP contribution < -0.4 is 0 Å². The van der Waals surface area contributed by atoms with E-state index >= 15 is 0 Å². The number of carbonyl (C=O) groups excluding carboxylic acids is 3. The molecule has 0 saturated heterocycles. The highest BCUT2D eigenvalue weighted by atomic mass is 35.5. The van der Waals surface area contributed by atoms with Crippen LogP contribution in [0.5, 0.6) is 0 Å². The predicted molar refractivity (Wildman–Crippen MR) is 86.8 cm³/mol. The van der Waals surface area contributed by atoms with E-state index in [-0.39, 0.29) is 16.7 Å². The third-order valence-electron chi connectivity index (χ3n) is 2.57. The van der Waals surface area contributed by atoms with Crippen LogP contribution in [0, 0.1) is 0 Å². The van der Waals surface area contributed by atoms with Crippen molar-refractivity contribution >= 4 is 50.5 Å². The van der Waals surface area contributed by atoms with Gasteiger partial charge in [0.25, 0.3) is 15.7 Å². The van der Waals surface area contributed by atoms with Gasteiger partial charge < -0.3 is 0 Å². The zero-order valence-electron chi connectivity index (χ0n) is 11.9. The summed E-state index contributed by atoms with van der Waals surface area (Å²) in [6, 6.07) is 3.57. The molecule has 0 bridgehead atoms. The third-order valence-corrected chi connectivity index (χ3v) is 3.23. The molecule has 0 aliphatic rings. The quantitative estimate of drug-likeness (QED) is 0.508. The monoisotopic (exact) mass is 350 g/mol.